The van der Waals surface area contributed by atoms with Crippen molar-refractivity contribution < 1.29 is 82.8 Å². The number of benzene rings is 2. The van der Waals surface area contributed by atoms with Crippen molar-refractivity contribution in [2.24, 2.45) is 45.7 Å². The number of para-hydroxylation sites is 1. The van der Waals surface area contributed by atoms with Gasteiger partial charge in [-0.1, -0.05) is 103 Å². The molecule has 4 aromatic rings. The highest BCUT2D eigenvalue weighted by atomic mass is 16.4. The number of nitrogens with zero attached hydrogens (tertiary/aromatic N) is 3. The van der Waals surface area contributed by atoms with E-state index in [2.05, 4.69) is 73.1 Å². The van der Waals surface area contributed by atoms with Gasteiger partial charge in [-0.3, -0.25) is 62.5 Å². The molecule has 594 valence electrons. The Balaban J connectivity index is 1.40. The lowest BCUT2D eigenvalue weighted by Crippen LogP contribution is -2.63. The summed E-state index contributed by atoms with van der Waals surface area (Å²) in [5.41, 5.74) is 25.3. The number of fused-ring (bicyclic) bond motifs is 1. The SMILES string of the molecule is CC[C@H](C)[C@H](NC(=O)[C@H](CO)NC(=O)[C@H](Cc1cnc[nH]1)NC(=O)[C@H](Cc1ccccc1)NC(=O)[C@H](CCCN=C(N)N)NC(=O)[C@H](Cc1c[nH]c2ccccc12)NC(=O)CNC(=O)[C@H](CCCCN)NC(=O)[C@@H]1CCCN1C(=O)[C@@H](N)C(C)C)C(=O)N[C@H](C(=O)N[C@@H](CO)C(=O)N[C@@H](CO)C(=O)O)[C@@H](C)CC. The number of aliphatic carboxylic acids is 1. The molecule has 5 rings (SSSR count). The van der Waals surface area contributed by atoms with Gasteiger partial charge in [-0.05, 0) is 86.4 Å². The molecule has 2 aromatic carbocycles. The molecule has 2 aromatic heterocycles. The highest BCUT2D eigenvalue weighted by Crippen LogP contribution is 2.23. The number of aliphatic hydroxyl groups is 3. The quantitative estimate of drug-likeness (QED) is 0.0112. The number of carbonyl (C=O) groups is 13. The maximum atomic E-state index is 15.0. The predicted octanol–water partition coefficient (Wildman–Crippen LogP) is -4.81. The highest BCUT2D eigenvalue weighted by Gasteiger charge is 2.41. The molecule has 25 N–H and O–H groups in total. The van der Waals surface area contributed by atoms with Crippen LogP contribution in [0.2, 0.25) is 0 Å². The second-order valence-electron chi connectivity index (χ2n) is 27.1. The molecule has 0 spiro atoms. The van der Waals surface area contributed by atoms with Crippen molar-refractivity contribution in [1.82, 2.24) is 78.3 Å². The van der Waals surface area contributed by atoms with Gasteiger partial charge in [-0.25, -0.2) is 9.78 Å². The van der Waals surface area contributed by atoms with E-state index in [9.17, 15) is 78.0 Å². The van der Waals surface area contributed by atoms with Crippen LogP contribution in [0.4, 0.5) is 0 Å². The lowest BCUT2D eigenvalue weighted by atomic mass is 9.94. The van der Waals surface area contributed by atoms with Crippen LogP contribution in [-0.2, 0) is 81.6 Å². The summed E-state index contributed by atoms with van der Waals surface area (Å²) in [6.45, 7) is 6.92. The number of nitrogens with one attached hydrogen (secondary N) is 13. The van der Waals surface area contributed by atoms with Crippen molar-refractivity contribution in [1.29, 1.82) is 0 Å². The van der Waals surface area contributed by atoms with E-state index in [4.69, 9.17) is 22.9 Å². The van der Waals surface area contributed by atoms with Crippen molar-refractivity contribution in [2.75, 3.05) is 46.0 Å². The number of aromatic nitrogens is 3. The number of hydrogen-bond donors (Lipinski definition) is 21. The summed E-state index contributed by atoms with van der Waals surface area (Å²) in [6, 6.07) is -1.73. The van der Waals surface area contributed by atoms with Gasteiger partial charge in [-0.2, -0.15) is 0 Å². The van der Waals surface area contributed by atoms with Crippen molar-refractivity contribution in [3.8, 4) is 0 Å². The summed E-state index contributed by atoms with van der Waals surface area (Å²) < 4.78 is 0. The molecule has 0 aliphatic carbocycles. The molecule has 3 heterocycles. The van der Waals surface area contributed by atoms with Crippen LogP contribution in [-0.4, -0.2) is 242 Å². The number of imidazole rings is 1. The normalized spacial score (nSPS) is 16.3. The number of rotatable bonds is 46. The van der Waals surface area contributed by atoms with E-state index < -0.39 is 188 Å². The van der Waals surface area contributed by atoms with Crippen LogP contribution >= 0.6 is 0 Å². The Labute approximate surface area is 625 Å². The molecule has 1 saturated heterocycles. The molecule has 0 bridgehead atoms. The largest absolute Gasteiger partial charge is 0.480 e. The molecular formula is C71H108N20O17. The van der Waals surface area contributed by atoms with Crippen LogP contribution < -0.4 is 81.4 Å². The number of guanidine groups is 1. The number of aromatic amines is 2. The van der Waals surface area contributed by atoms with E-state index in [0.29, 0.717) is 66.5 Å². The molecule has 0 saturated carbocycles. The van der Waals surface area contributed by atoms with E-state index in [-0.39, 0.29) is 69.8 Å². The molecule has 14 atom stereocenters. The van der Waals surface area contributed by atoms with Gasteiger partial charge in [0.05, 0.1) is 38.7 Å². The molecule has 37 nitrogen and oxygen atoms in total. The first-order valence-corrected chi connectivity index (χ1v) is 36.2. The lowest BCUT2D eigenvalue weighted by Gasteiger charge is -2.30. The Kier molecular flexibility index (Phi) is 36.2. The van der Waals surface area contributed by atoms with Gasteiger partial charge in [0.2, 0.25) is 70.9 Å². The third-order valence-electron chi connectivity index (χ3n) is 18.7. The molecule has 1 fully saturated rings. The summed E-state index contributed by atoms with van der Waals surface area (Å²) in [5.74, 6) is -14.0. The molecule has 0 unspecified atom stereocenters. The van der Waals surface area contributed by atoms with E-state index in [0.717, 1.165) is 0 Å². The minimum absolute atomic E-state index is 0.0367. The van der Waals surface area contributed by atoms with Crippen LogP contribution in [0.15, 0.2) is 78.3 Å². The monoisotopic (exact) mass is 1510 g/mol. The van der Waals surface area contributed by atoms with Gasteiger partial charge in [0, 0.05) is 61.3 Å². The van der Waals surface area contributed by atoms with Crippen LogP contribution in [0.1, 0.15) is 116 Å². The number of likely N-dealkylation sites (tertiary alicyclic amines) is 1. The van der Waals surface area contributed by atoms with E-state index in [1.54, 1.807) is 102 Å². The Morgan fingerprint density at radius 1 is 0.583 bits per heavy atom. The minimum atomic E-state index is -1.82. The average Bonchev–Trinajstić information content (AvgIpc) is 1.63. The number of aliphatic imine (C=N–C) groups is 1. The second-order valence-corrected chi connectivity index (χ2v) is 27.1. The van der Waals surface area contributed by atoms with Crippen LogP contribution in [0.25, 0.3) is 10.9 Å². The zero-order chi connectivity index (χ0) is 79.7. The molecule has 12 amide bonds. The first-order chi connectivity index (χ1) is 51.5. The van der Waals surface area contributed by atoms with Crippen molar-refractivity contribution in [3.63, 3.8) is 0 Å². The van der Waals surface area contributed by atoms with Crippen LogP contribution in [0.3, 0.4) is 0 Å². The van der Waals surface area contributed by atoms with Gasteiger partial charge >= 0.3 is 5.97 Å². The molecule has 0 radical (unpaired) electrons. The first-order valence-electron chi connectivity index (χ1n) is 36.2. The number of carboxylic acids is 1. The lowest BCUT2D eigenvalue weighted by molar-refractivity contribution is -0.143. The fraction of sp³-hybridized carbons (Fsp3) is 0.563. The van der Waals surface area contributed by atoms with Crippen LogP contribution in [0, 0.1) is 17.8 Å². The van der Waals surface area contributed by atoms with E-state index >= 15 is 4.79 Å². The summed E-state index contributed by atoms with van der Waals surface area (Å²) in [4.78, 5) is 197. The third kappa shape index (κ3) is 27.0. The van der Waals surface area contributed by atoms with Gasteiger partial charge < -0.3 is 117 Å². The fourth-order valence-electron chi connectivity index (χ4n) is 11.8. The average molecular weight is 1510 g/mol. The highest BCUT2D eigenvalue weighted by molar-refractivity contribution is 6.00. The molecule has 108 heavy (non-hydrogen) atoms. The predicted molar refractivity (Wildman–Crippen MR) is 395 cm³/mol. The zero-order valence-electron chi connectivity index (χ0n) is 61.8. The number of nitrogens with two attached hydrogens (primary N) is 4. The smallest absolute Gasteiger partial charge is 0.328 e. The number of hydrogen-bond acceptors (Lipinski definition) is 20. The summed E-state index contributed by atoms with van der Waals surface area (Å²) in [6.07, 6.45) is 5.85. The number of aliphatic hydroxyl groups excluding tert-OH is 3. The molecular weight excluding hydrogens is 1400 g/mol. The summed E-state index contributed by atoms with van der Waals surface area (Å²) in [5, 5.41) is 68.2. The van der Waals surface area contributed by atoms with Crippen molar-refractivity contribution >= 4 is 93.7 Å². The molecule has 1 aliphatic rings. The topological polar surface area (TPSA) is 599 Å². The van der Waals surface area contributed by atoms with Crippen molar-refractivity contribution in [3.05, 3.63) is 90.1 Å². The van der Waals surface area contributed by atoms with Gasteiger partial charge in [0.25, 0.3) is 0 Å². The van der Waals surface area contributed by atoms with Crippen LogP contribution in [0.5, 0.6) is 0 Å². The Hall–Kier alpha value is -10.6. The van der Waals surface area contributed by atoms with Gasteiger partial charge in [-0.15, -0.1) is 0 Å². The minimum Gasteiger partial charge on any atom is -0.480 e. The third-order valence-corrected chi connectivity index (χ3v) is 18.7. The van der Waals surface area contributed by atoms with E-state index in [1.807, 2.05) is 5.32 Å². The summed E-state index contributed by atoms with van der Waals surface area (Å²) in [7, 11) is 0. The van der Waals surface area contributed by atoms with Gasteiger partial charge in [0.1, 0.15) is 66.5 Å². The Morgan fingerprint density at radius 2 is 1.09 bits per heavy atom. The first kappa shape index (κ1) is 88.0. The number of H-pyrrole nitrogens is 2. The Bertz CT molecular complexity index is 3690. The van der Waals surface area contributed by atoms with Crippen molar-refractivity contribution in [2.45, 2.75) is 191 Å². The standard InChI is InChI=1S/C71H108N20O17/c1-7-39(5)57(67(104)87-51(34-92)64(101)88-53(36-94)70(107)108)90-68(105)58(40(6)8-2)89-65(102)52(35-93)86-63(100)50(30-43-32-76-37-80-43)85-61(98)48(28-41-18-10-9-11-19-41)84-60(97)47(23-16-26-77-71(74)75)82-62(99)49(29-42-31-78-45-21-13-12-20-44(42)45)81-55(95)33-79-59(96)46(22-14-15-25-72)83-66(103)54-24-17-27-91(54)69(106)56(73)38(3)4/h9-13,18-21,31-32,37-40,46-54,56-58,78,92-94H,7-8,14-17,22-30,33-36,72-73H2,1-6H3,(H,76,80)(H,79,96)(H,81,95)(H,82,99)(H,83,103)(H,84,97)(H,85,98)(H,86,100)(H,87,104)(H,88,101)(H,89,102)(H,90,105)(H,107,108)(H4,74,75,77)/t39-,40-,46-,47-,48-,49-,50-,51-,52-,53-,54-,56-,57-,58-/m0/s1. The number of unbranched alkanes of at least 4 members (excludes halogenated alkanes) is 1. The maximum Gasteiger partial charge on any atom is 0.328 e. The maximum absolute atomic E-state index is 15.0. The van der Waals surface area contributed by atoms with Gasteiger partial charge in [0.15, 0.2) is 5.96 Å². The fourth-order valence-corrected chi connectivity index (χ4v) is 11.8. The number of carbonyl (C=O) groups excluding carboxylic acids is 12. The second kappa shape index (κ2) is 44.5. The zero-order valence-corrected chi connectivity index (χ0v) is 61.8. The summed E-state index contributed by atoms with van der Waals surface area (Å²) >= 11 is 0. The van der Waals surface area contributed by atoms with E-state index in [1.165, 1.54) is 17.4 Å². The Morgan fingerprint density at radius 3 is 1.67 bits per heavy atom. The number of carboxylic acid groups (broad SMARTS) is 1. The number of amides is 12. The molecule has 37 heteroatoms. The molecule has 1 aliphatic heterocycles.